The number of likely N-dealkylation sites (tertiary alicyclic amines) is 1. The van der Waals surface area contributed by atoms with Crippen molar-refractivity contribution in [3.63, 3.8) is 0 Å². The molecule has 2 saturated heterocycles. The number of fused-ring (bicyclic) bond motifs is 3. The summed E-state index contributed by atoms with van der Waals surface area (Å²) in [6.45, 7) is 11.7. The van der Waals surface area contributed by atoms with Gasteiger partial charge in [-0.15, -0.1) is 5.10 Å². The number of aromatic nitrogens is 4. The van der Waals surface area contributed by atoms with Gasteiger partial charge in [-0.05, 0) is 95.8 Å². The lowest BCUT2D eigenvalue weighted by Crippen LogP contribution is -2.67. The number of halogens is 1. The van der Waals surface area contributed by atoms with Crippen molar-refractivity contribution in [2.24, 2.45) is 0 Å². The van der Waals surface area contributed by atoms with Gasteiger partial charge in [-0.3, -0.25) is 4.79 Å². The number of carbonyl (C=O) groups excluding carboxylic acids is 1. The Balaban J connectivity index is 1.54. The second-order valence-corrected chi connectivity index (χ2v) is 13.0. The number of aryl methyl sites for hydroxylation is 2. The molecule has 4 heterocycles. The largest absolute Gasteiger partial charge is 0.351 e. The van der Waals surface area contributed by atoms with Crippen molar-refractivity contribution >= 4 is 33.7 Å². The van der Waals surface area contributed by atoms with Crippen LogP contribution in [-0.4, -0.2) is 81.0 Å². The summed E-state index contributed by atoms with van der Waals surface area (Å²) >= 11 is 0. The maximum atomic E-state index is 16.9. The summed E-state index contributed by atoms with van der Waals surface area (Å²) in [6, 6.07) is 9.77. The smallest absolute Gasteiger partial charge is 0.298 e. The molecular formula is C35H39FN8O. The predicted octanol–water partition coefficient (Wildman–Crippen LogP) is 5.32. The summed E-state index contributed by atoms with van der Waals surface area (Å²) in [5.74, 6) is 5.31. The third-order valence-electron chi connectivity index (χ3n) is 9.99. The van der Waals surface area contributed by atoms with Crippen LogP contribution in [0.5, 0.6) is 0 Å². The van der Waals surface area contributed by atoms with Gasteiger partial charge < -0.3 is 14.7 Å². The summed E-state index contributed by atoms with van der Waals surface area (Å²) in [6.07, 6.45) is 1.32. The highest BCUT2D eigenvalue weighted by Crippen LogP contribution is 2.42. The molecule has 0 radical (unpaired) electrons. The molecule has 2 atom stereocenters. The molecule has 2 aliphatic heterocycles. The number of amides is 1. The van der Waals surface area contributed by atoms with Gasteiger partial charge in [0.15, 0.2) is 17.2 Å². The topological polar surface area (TPSA) is 94.2 Å². The predicted molar refractivity (Wildman–Crippen MR) is 174 cm³/mol. The van der Waals surface area contributed by atoms with Crippen LogP contribution in [0.1, 0.15) is 55.8 Å². The highest BCUT2D eigenvalue weighted by Gasteiger charge is 2.43. The van der Waals surface area contributed by atoms with Crippen LogP contribution in [0.25, 0.3) is 33.1 Å². The fourth-order valence-corrected chi connectivity index (χ4v) is 6.94. The number of rotatable bonds is 5. The first-order valence-corrected chi connectivity index (χ1v) is 15.5. The van der Waals surface area contributed by atoms with Crippen LogP contribution in [0, 0.1) is 49.8 Å². The lowest BCUT2D eigenvalue weighted by molar-refractivity contribution is -0.129. The number of nitriles is 1. The second kappa shape index (κ2) is 11.4. The fourth-order valence-electron chi connectivity index (χ4n) is 6.94. The van der Waals surface area contributed by atoms with E-state index in [4.69, 9.17) is 4.98 Å². The first kappa shape index (κ1) is 30.5. The average Bonchev–Trinajstić information content (AvgIpc) is 3.43. The van der Waals surface area contributed by atoms with Crippen LogP contribution in [0.4, 0.5) is 10.2 Å². The highest BCUT2D eigenvalue weighted by atomic mass is 19.1. The van der Waals surface area contributed by atoms with E-state index < -0.39 is 0 Å². The van der Waals surface area contributed by atoms with Crippen LogP contribution in [0.2, 0.25) is 0 Å². The van der Waals surface area contributed by atoms with Crippen LogP contribution >= 0.6 is 0 Å². The molecule has 0 bridgehead atoms. The van der Waals surface area contributed by atoms with E-state index in [0.29, 0.717) is 47.2 Å². The molecule has 0 unspecified atom stereocenters. The van der Waals surface area contributed by atoms with E-state index >= 15 is 4.39 Å². The first-order valence-electron chi connectivity index (χ1n) is 15.5. The Hall–Kier alpha value is -4.54. The lowest BCUT2D eigenvalue weighted by Gasteiger charge is -2.52. The maximum absolute atomic E-state index is 16.9. The van der Waals surface area contributed by atoms with E-state index in [1.807, 2.05) is 49.7 Å². The summed E-state index contributed by atoms with van der Waals surface area (Å²) < 4.78 is 18.8. The molecule has 10 heteroatoms. The number of nitrogens with zero attached hydrogens (tertiary/aromatic N) is 8. The molecule has 4 aromatic rings. The minimum Gasteiger partial charge on any atom is -0.351 e. The van der Waals surface area contributed by atoms with Crippen LogP contribution in [0.3, 0.4) is 0 Å². The molecule has 2 fully saturated rings. The zero-order valence-electron chi connectivity index (χ0n) is 27.1. The summed E-state index contributed by atoms with van der Waals surface area (Å²) in [4.78, 5) is 23.8. The summed E-state index contributed by atoms with van der Waals surface area (Å²) in [7, 11) is 4.13. The molecule has 45 heavy (non-hydrogen) atoms. The van der Waals surface area contributed by atoms with Crippen LogP contribution in [-0.2, 0) is 4.79 Å². The SMILES string of the molecule is CC#CC(=O)N1CC[C@H](n2nnc3c(N4CC(C)(N(C)C)C4)nc4c(F)c(-c5cccc(C)c5C)c(C)cc4c32)C[C@H]1CC#N. The van der Waals surface area contributed by atoms with Crippen molar-refractivity contribution in [1.82, 2.24) is 29.8 Å². The van der Waals surface area contributed by atoms with Crippen molar-refractivity contribution in [2.45, 2.75) is 71.5 Å². The van der Waals surface area contributed by atoms with E-state index in [1.165, 1.54) is 0 Å². The molecule has 0 N–H and O–H groups in total. The van der Waals surface area contributed by atoms with Gasteiger partial charge in [-0.25, -0.2) is 14.1 Å². The van der Waals surface area contributed by atoms with Crippen molar-refractivity contribution in [3.8, 4) is 29.0 Å². The molecule has 1 amide bonds. The number of anilines is 1. The van der Waals surface area contributed by atoms with E-state index in [0.717, 1.165) is 40.9 Å². The van der Waals surface area contributed by atoms with Crippen LogP contribution in [0.15, 0.2) is 24.3 Å². The number of hydrogen-bond donors (Lipinski definition) is 0. The number of carbonyl (C=O) groups is 1. The van der Waals surface area contributed by atoms with Crippen molar-refractivity contribution in [2.75, 3.05) is 38.6 Å². The Morgan fingerprint density at radius 1 is 1.18 bits per heavy atom. The lowest BCUT2D eigenvalue weighted by atomic mass is 9.90. The molecule has 2 aliphatic rings. The van der Waals surface area contributed by atoms with Gasteiger partial charge in [0, 0.05) is 36.6 Å². The fraction of sp³-hybridized carbons (Fsp3) is 0.457. The van der Waals surface area contributed by atoms with Gasteiger partial charge in [0.2, 0.25) is 0 Å². The zero-order valence-corrected chi connectivity index (χ0v) is 27.1. The normalized spacial score (nSPS) is 19.4. The van der Waals surface area contributed by atoms with E-state index in [-0.39, 0.29) is 35.8 Å². The van der Waals surface area contributed by atoms with Gasteiger partial charge in [0.05, 0.1) is 24.1 Å². The third kappa shape index (κ3) is 4.98. The van der Waals surface area contributed by atoms with E-state index in [9.17, 15) is 10.1 Å². The van der Waals surface area contributed by atoms with Gasteiger partial charge in [-0.1, -0.05) is 29.3 Å². The number of likely N-dealkylation sites (N-methyl/N-ethyl adjacent to an activating group) is 1. The Morgan fingerprint density at radius 3 is 2.62 bits per heavy atom. The Morgan fingerprint density at radius 2 is 1.93 bits per heavy atom. The number of piperidine rings is 1. The molecule has 2 aromatic heterocycles. The monoisotopic (exact) mass is 606 g/mol. The molecule has 9 nitrogen and oxygen atoms in total. The second-order valence-electron chi connectivity index (χ2n) is 13.0. The molecule has 2 aromatic carbocycles. The van der Waals surface area contributed by atoms with Crippen LogP contribution < -0.4 is 4.90 Å². The van der Waals surface area contributed by atoms with Gasteiger partial charge in [0.1, 0.15) is 11.0 Å². The molecule has 0 aliphatic carbocycles. The number of hydrogen-bond acceptors (Lipinski definition) is 7. The van der Waals surface area contributed by atoms with Gasteiger partial charge >= 0.3 is 0 Å². The average molecular weight is 607 g/mol. The van der Waals surface area contributed by atoms with E-state index in [1.54, 1.807) is 11.8 Å². The Labute approximate surface area is 263 Å². The third-order valence-corrected chi connectivity index (χ3v) is 9.99. The van der Waals surface area contributed by atoms with E-state index in [2.05, 4.69) is 59.0 Å². The minimum atomic E-state index is -0.355. The Bertz CT molecular complexity index is 1940. The minimum absolute atomic E-state index is 0.0418. The van der Waals surface area contributed by atoms with Crippen molar-refractivity contribution in [1.29, 1.82) is 5.26 Å². The molecule has 0 spiro atoms. The quantitative estimate of drug-likeness (QED) is 0.284. The van der Waals surface area contributed by atoms with Crippen molar-refractivity contribution < 1.29 is 9.18 Å². The standard InChI is InChI=1S/C35H39FN8O/c1-8-10-28(45)43-16-14-25(18-24(43)13-15-37)44-33-27-17-22(3)29(26-12-9-11-21(2)23(26)4)30(36)31(27)38-34(32(33)39-40-44)42-19-35(5,20-42)41(6)7/h9,11-12,17,24-25H,13-14,16,18-20H2,1-7H3/t24-,25+/m1/s1. The maximum Gasteiger partial charge on any atom is 0.298 e. The first-order chi connectivity index (χ1) is 21.5. The molecular weight excluding hydrogens is 567 g/mol. The van der Waals surface area contributed by atoms with Gasteiger partial charge in [0.25, 0.3) is 5.91 Å². The molecule has 6 rings (SSSR count). The zero-order chi connectivity index (χ0) is 32.2. The summed E-state index contributed by atoms with van der Waals surface area (Å²) in [5, 5.41) is 19.6. The molecule has 0 saturated carbocycles. The van der Waals surface area contributed by atoms with Gasteiger partial charge in [-0.2, -0.15) is 5.26 Å². The summed E-state index contributed by atoms with van der Waals surface area (Å²) in [5.41, 5.74) is 5.98. The number of benzene rings is 2. The number of pyridine rings is 1. The van der Waals surface area contributed by atoms with Crippen molar-refractivity contribution in [3.05, 3.63) is 46.8 Å². The Kier molecular flexibility index (Phi) is 7.74. The highest BCUT2D eigenvalue weighted by molar-refractivity contribution is 6.08. The molecule has 232 valence electrons.